The Bertz CT molecular complexity index is 720. The summed E-state index contributed by atoms with van der Waals surface area (Å²) in [5.74, 6) is -1.16. The first kappa shape index (κ1) is 17.1. The molecule has 0 spiro atoms. The van der Waals surface area contributed by atoms with Crippen LogP contribution in [0.5, 0.6) is 0 Å². The Balaban J connectivity index is 1.81. The highest BCUT2D eigenvalue weighted by atomic mass is 35.5. The number of nitrogens with zero attached hydrogens (tertiary/aromatic N) is 1. The largest absolute Gasteiger partial charge is 0.619 e. The minimum Gasteiger partial charge on any atom is -0.619 e. The van der Waals surface area contributed by atoms with Gasteiger partial charge in [0.2, 0.25) is 0 Å². The van der Waals surface area contributed by atoms with E-state index in [1.165, 1.54) is 24.5 Å². The number of benzene rings is 1. The van der Waals surface area contributed by atoms with Crippen molar-refractivity contribution < 1.29 is 19.1 Å². The van der Waals surface area contributed by atoms with E-state index < -0.39 is 18.5 Å². The molecule has 120 valence electrons. The van der Waals surface area contributed by atoms with Gasteiger partial charge in [-0.2, -0.15) is 4.73 Å². The first-order valence-corrected chi connectivity index (χ1v) is 7.28. The fraction of sp³-hybridized carbons (Fsp3) is 0.133. The molecule has 0 saturated heterocycles. The van der Waals surface area contributed by atoms with Crippen LogP contribution in [0.25, 0.3) is 0 Å². The summed E-state index contributed by atoms with van der Waals surface area (Å²) in [6.07, 6.45) is 2.33. The first-order chi connectivity index (χ1) is 11.0. The molecule has 0 aliphatic heterocycles. The maximum absolute atomic E-state index is 11.7. The lowest BCUT2D eigenvalue weighted by atomic mass is 10.2. The number of aromatic nitrogens is 1. The van der Waals surface area contributed by atoms with Gasteiger partial charge in [-0.15, -0.1) is 0 Å². The number of ether oxygens (including phenoxy) is 1. The third-order valence-electron chi connectivity index (χ3n) is 2.86. The van der Waals surface area contributed by atoms with Gasteiger partial charge in [0.15, 0.2) is 19.0 Å². The van der Waals surface area contributed by atoms with Crippen LogP contribution in [0.3, 0.4) is 0 Å². The molecule has 0 aliphatic rings. The Hall–Kier alpha value is -2.31. The summed E-state index contributed by atoms with van der Waals surface area (Å²) in [6.45, 7) is -0.246. The zero-order valence-corrected chi connectivity index (χ0v) is 13.3. The van der Waals surface area contributed by atoms with Crippen molar-refractivity contribution in [3.8, 4) is 0 Å². The summed E-state index contributed by atoms with van der Waals surface area (Å²) in [7, 11) is 0. The second-order valence-corrected chi connectivity index (χ2v) is 5.38. The van der Waals surface area contributed by atoms with Gasteiger partial charge in [-0.25, -0.2) is 4.79 Å². The van der Waals surface area contributed by atoms with E-state index in [9.17, 15) is 14.8 Å². The van der Waals surface area contributed by atoms with Gasteiger partial charge in [-0.05, 0) is 17.7 Å². The third kappa shape index (κ3) is 5.12. The van der Waals surface area contributed by atoms with Crippen molar-refractivity contribution >= 4 is 35.1 Å². The van der Waals surface area contributed by atoms with E-state index in [-0.39, 0.29) is 12.1 Å². The monoisotopic (exact) mass is 354 g/mol. The molecule has 0 atom stereocenters. The van der Waals surface area contributed by atoms with E-state index in [1.807, 2.05) is 0 Å². The average Bonchev–Trinajstić information content (AvgIpc) is 2.52. The quantitative estimate of drug-likeness (QED) is 0.506. The summed E-state index contributed by atoms with van der Waals surface area (Å²) in [5, 5.41) is 14.4. The predicted octanol–water partition coefficient (Wildman–Crippen LogP) is 2.10. The number of rotatable bonds is 5. The number of esters is 1. The first-order valence-electron chi connectivity index (χ1n) is 6.52. The van der Waals surface area contributed by atoms with Crippen molar-refractivity contribution in [2.75, 3.05) is 6.61 Å². The number of pyridine rings is 1. The minimum absolute atomic E-state index is 0.186. The van der Waals surface area contributed by atoms with Gasteiger partial charge < -0.3 is 15.3 Å². The van der Waals surface area contributed by atoms with Gasteiger partial charge in [0, 0.05) is 28.7 Å². The van der Waals surface area contributed by atoms with Gasteiger partial charge in [0.05, 0.1) is 5.56 Å². The molecule has 0 aliphatic carbocycles. The van der Waals surface area contributed by atoms with Crippen LogP contribution in [0.4, 0.5) is 0 Å². The lowest BCUT2D eigenvalue weighted by Crippen LogP contribution is -2.29. The number of amides is 1. The molecule has 1 N–H and O–H groups in total. The molecule has 2 aromatic rings. The standard InChI is InChI=1S/C15H12Cl2N2O4/c16-12-2-1-11(13(17)7-12)8-18-14(20)9-23-15(21)10-3-5-19(22)6-4-10/h1-7H,8-9H2,(H,18,20). The van der Waals surface area contributed by atoms with Crippen LogP contribution < -0.4 is 10.0 Å². The number of carbonyl (C=O) groups excluding carboxylic acids is 2. The molecule has 1 heterocycles. The van der Waals surface area contributed by atoms with Crippen LogP contribution >= 0.6 is 23.2 Å². The van der Waals surface area contributed by atoms with Crippen molar-refractivity contribution in [1.82, 2.24) is 5.32 Å². The molecule has 8 heteroatoms. The molecular weight excluding hydrogens is 343 g/mol. The van der Waals surface area contributed by atoms with Crippen molar-refractivity contribution in [3.05, 3.63) is 69.1 Å². The maximum Gasteiger partial charge on any atom is 0.339 e. The van der Waals surface area contributed by atoms with Gasteiger partial charge >= 0.3 is 5.97 Å². The van der Waals surface area contributed by atoms with Crippen LogP contribution in [-0.2, 0) is 16.1 Å². The van der Waals surface area contributed by atoms with Crippen molar-refractivity contribution in [3.63, 3.8) is 0 Å². The van der Waals surface area contributed by atoms with Crippen molar-refractivity contribution in [2.24, 2.45) is 0 Å². The van der Waals surface area contributed by atoms with Gasteiger partial charge in [-0.1, -0.05) is 29.3 Å². The fourth-order valence-electron chi connectivity index (χ4n) is 1.67. The summed E-state index contributed by atoms with van der Waals surface area (Å²) in [4.78, 5) is 23.3. The molecule has 0 saturated carbocycles. The molecule has 23 heavy (non-hydrogen) atoms. The van der Waals surface area contributed by atoms with Gasteiger partial charge in [0.1, 0.15) is 0 Å². The second-order valence-electron chi connectivity index (χ2n) is 4.54. The second kappa shape index (κ2) is 7.80. The highest BCUT2D eigenvalue weighted by Gasteiger charge is 2.11. The average molecular weight is 355 g/mol. The van der Waals surface area contributed by atoms with Crippen molar-refractivity contribution in [1.29, 1.82) is 0 Å². The Morgan fingerprint density at radius 2 is 1.87 bits per heavy atom. The molecule has 0 unspecified atom stereocenters. The lowest BCUT2D eigenvalue weighted by Gasteiger charge is -2.08. The summed E-state index contributed by atoms with van der Waals surface area (Å²) < 4.78 is 5.39. The van der Waals surface area contributed by atoms with Crippen LogP contribution in [0.1, 0.15) is 15.9 Å². The number of hydrogen-bond donors (Lipinski definition) is 1. The van der Waals surface area contributed by atoms with Crippen LogP contribution in [-0.4, -0.2) is 18.5 Å². The van der Waals surface area contributed by atoms with Gasteiger partial charge in [0.25, 0.3) is 5.91 Å². The summed E-state index contributed by atoms with van der Waals surface area (Å²) in [5.41, 5.74) is 0.879. The molecule has 0 radical (unpaired) electrons. The number of hydrogen-bond acceptors (Lipinski definition) is 4. The summed E-state index contributed by atoms with van der Waals surface area (Å²) >= 11 is 11.8. The third-order valence-corrected chi connectivity index (χ3v) is 3.45. The van der Waals surface area contributed by atoms with Crippen LogP contribution in [0.2, 0.25) is 10.0 Å². The topological polar surface area (TPSA) is 82.3 Å². The number of halogens is 2. The molecule has 1 aromatic carbocycles. The fourth-order valence-corrected chi connectivity index (χ4v) is 2.15. The van der Waals surface area contributed by atoms with Crippen LogP contribution in [0.15, 0.2) is 42.7 Å². The Labute approximate surface area is 142 Å². The molecule has 2 rings (SSSR count). The highest BCUT2D eigenvalue weighted by Crippen LogP contribution is 2.20. The van der Waals surface area contributed by atoms with Crippen molar-refractivity contribution in [2.45, 2.75) is 6.54 Å². The molecule has 0 fully saturated rings. The van der Waals surface area contributed by atoms with E-state index in [0.717, 1.165) is 0 Å². The Kier molecular flexibility index (Phi) is 5.78. The van der Waals surface area contributed by atoms with Gasteiger partial charge in [-0.3, -0.25) is 4.79 Å². The number of carbonyl (C=O) groups is 2. The molecule has 6 nitrogen and oxygen atoms in total. The Morgan fingerprint density at radius 3 is 2.52 bits per heavy atom. The summed E-state index contributed by atoms with van der Waals surface area (Å²) in [6, 6.07) is 7.54. The SMILES string of the molecule is O=C(COC(=O)c1cc[n+]([O-])cc1)NCc1ccc(Cl)cc1Cl. The smallest absolute Gasteiger partial charge is 0.339 e. The normalized spacial score (nSPS) is 10.2. The van der Waals surface area contributed by atoms with E-state index in [1.54, 1.807) is 18.2 Å². The molecule has 0 bridgehead atoms. The molecular formula is C15H12Cl2N2O4. The van der Waals surface area contributed by atoms with E-state index in [2.05, 4.69) is 5.32 Å². The highest BCUT2D eigenvalue weighted by molar-refractivity contribution is 6.35. The van der Waals surface area contributed by atoms with E-state index in [0.29, 0.717) is 20.3 Å². The minimum atomic E-state index is -0.690. The number of nitrogens with one attached hydrogen (secondary N) is 1. The zero-order valence-electron chi connectivity index (χ0n) is 11.8. The van der Waals surface area contributed by atoms with E-state index in [4.69, 9.17) is 27.9 Å². The molecule has 1 amide bonds. The lowest BCUT2D eigenvalue weighted by molar-refractivity contribution is -0.605. The van der Waals surface area contributed by atoms with E-state index >= 15 is 0 Å². The zero-order chi connectivity index (χ0) is 16.8. The van der Waals surface area contributed by atoms with Crippen LogP contribution in [0, 0.1) is 5.21 Å². The predicted molar refractivity (Wildman–Crippen MR) is 84.0 cm³/mol. The Morgan fingerprint density at radius 1 is 1.17 bits per heavy atom. The maximum atomic E-state index is 11.7. The molecule has 1 aromatic heterocycles.